The molecule has 0 spiro atoms. The van der Waals surface area contributed by atoms with E-state index in [4.69, 9.17) is 37.1 Å². The highest BCUT2D eigenvalue weighted by atomic mass is 35.5. The number of hydrogen-bond donors (Lipinski definition) is 1. The smallest absolute Gasteiger partial charge is 0.262 e. The van der Waals surface area contributed by atoms with Crippen LogP contribution in [-0.4, -0.2) is 24.6 Å². The van der Waals surface area contributed by atoms with Crippen LogP contribution in [0.4, 0.5) is 5.69 Å². The number of carbonyl (C=O) groups excluding carboxylic acids is 1. The summed E-state index contributed by atoms with van der Waals surface area (Å²) < 4.78 is 16.8. The highest BCUT2D eigenvalue weighted by molar-refractivity contribution is 6.35. The van der Waals surface area contributed by atoms with Crippen LogP contribution in [0.1, 0.15) is 11.1 Å². The van der Waals surface area contributed by atoms with E-state index in [2.05, 4.69) is 10.3 Å². The van der Waals surface area contributed by atoms with Crippen molar-refractivity contribution in [1.82, 2.24) is 4.98 Å². The van der Waals surface area contributed by atoms with Gasteiger partial charge in [0.05, 0.1) is 17.8 Å². The second-order valence-electron chi connectivity index (χ2n) is 7.25. The summed E-state index contributed by atoms with van der Waals surface area (Å²) in [6, 6.07) is 14.1. The molecule has 0 saturated heterocycles. The number of fused-ring (bicyclic) bond motifs is 1. The van der Waals surface area contributed by atoms with E-state index in [1.54, 1.807) is 30.3 Å². The van der Waals surface area contributed by atoms with Crippen LogP contribution < -0.4 is 14.8 Å². The number of aryl methyl sites for hydroxylation is 2. The first-order valence-electron chi connectivity index (χ1n) is 9.78. The monoisotopic (exact) mass is 470 g/mol. The molecule has 4 rings (SSSR count). The Morgan fingerprint density at radius 2 is 1.78 bits per heavy atom. The fourth-order valence-electron chi connectivity index (χ4n) is 3.16. The zero-order valence-electron chi connectivity index (χ0n) is 17.7. The van der Waals surface area contributed by atoms with Crippen molar-refractivity contribution in [2.24, 2.45) is 0 Å². The Hall–Kier alpha value is -3.22. The first kappa shape index (κ1) is 22.0. The van der Waals surface area contributed by atoms with Crippen LogP contribution in [0, 0.1) is 13.8 Å². The second kappa shape index (κ2) is 9.10. The van der Waals surface area contributed by atoms with Gasteiger partial charge < -0.3 is 19.2 Å². The average Bonchev–Trinajstić information content (AvgIpc) is 3.16. The second-order valence-corrected chi connectivity index (χ2v) is 8.09. The minimum Gasteiger partial charge on any atom is -0.495 e. The third-order valence-corrected chi connectivity index (χ3v) is 5.51. The summed E-state index contributed by atoms with van der Waals surface area (Å²) in [5, 5.41) is 3.61. The van der Waals surface area contributed by atoms with Gasteiger partial charge in [-0.2, -0.15) is 0 Å². The molecule has 1 amide bonds. The van der Waals surface area contributed by atoms with Gasteiger partial charge in [0.1, 0.15) is 17.0 Å². The number of ether oxygens (including phenoxy) is 2. The van der Waals surface area contributed by atoms with E-state index >= 15 is 0 Å². The predicted molar refractivity (Wildman–Crippen MR) is 126 cm³/mol. The normalized spacial score (nSPS) is 10.9. The summed E-state index contributed by atoms with van der Waals surface area (Å²) in [5.74, 6) is 0.932. The molecule has 32 heavy (non-hydrogen) atoms. The zero-order chi connectivity index (χ0) is 22.8. The molecule has 4 aromatic rings. The Bertz CT molecular complexity index is 1280. The van der Waals surface area contributed by atoms with Gasteiger partial charge in [-0.15, -0.1) is 0 Å². The van der Waals surface area contributed by atoms with Gasteiger partial charge in [-0.05, 0) is 73.5 Å². The fourth-order valence-corrected chi connectivity index (χ4v) is 3.63. The van der Waals surface area contributed by atoms with E-state index in [0.717, 1.165) is 16.6 Å². The van der Waals surface area contributed by atoms with Gasteiger partial charge in [-0.25, -0.2) is 4.98 Å². The van der Waals surface area contributed by atoms with Crippen molar-refractivity contribution in [1.29, 1.82) is 0 Å². The minimum atomic E-state index is -0.379. The summed E-state index contributed by atoms with van der Waals surface area (Å²) in [6.45, 7) is 3.82. The molecule has 8 heteroatoms. The average molecular weight is 471 g/mol. The number of methoxy groups -OCH3 is 1. The van der Waals surface area contributed by atoms with Gasteiger partial charge >= 0.3 is 0 Å². The van der Waals surface area contributed by atoms with Gasteiger partial charge in [0, 0.05) is 10.6 Å². The van der Waals surface area contributed by atoms with Crippen molar-refractivity contribution < 1.29 is 18.7 Å². The maximum atomic E-state index is 12.5. The number of oxazole rings is 1. The summed E-state index contributed by atoms with van der Waals surface area (Å²) in [4.78, 5) is 17.1. The van der Waals surface area contributed by atoms with E-state index in [1.807, 2.05) is 32.0 Å². The number of rotatable bonds is 6. The first-order valence-corrected chi connectivity index (χ1v) is 10.5. The molecule has 0 bridgehead atoms. The largest absolute Gasteiger partial charge is 0.495 e. The lowest BCUT2D eigenvalue weighted by molar-refractivity contribution is -0.118. The van der Waals surface area contributed by atoms with Gasteiger partial charge in [0.15, 0.2) is 12.2 Å². The third kappa shape index (κ3) is 4.66. The number of nitrogens with one attached hydrogen (secondary N) is 1. The van der Waals surface area contributed by atoms with E-state index in [-0.39, 0.29) is 12.5 Å². The molecule has 1 aromatic heterocycles. The van der Waals surface area contributed by atoms with Gasteiger partial charge in [-0.1, -0.05) is 23.2 Å². The molecule has 6 nitrogen and oxygen atoms in total. The van der Waals surface area contributed by atoms with Crippen molar-refractivity contribution in [3.05, 3.63) is 69.7 Å². The van der Waals surface area contributed by atoms with Crippen LogP contribution in [0.3, 0.4) is 0 Å². The Balaban J connectivity index is 1.55. The third-order valence-electron chi connectivity index (χ3n) is 4.98. The quantitative estimate of drug-likeness (QED) is 0.350. The van der Waals surface area contributed by atoms with Crippen LogP contribution in [-0.2, 0) is 4.79 Å². The molecule has 0 radical (unpaired) electrons. The molecular formula is C24H20Cl2N2O4. The van der Waals surface area contributed by atoms with Crippen molar-refractivity contribution in [2.45, 2.75) is 13.8 Å². The SMILES string of the molecule is COc1ccc(-c2nc3cc(C)c(C)cc3o2)cc1NC(=O)COc1ccc(Cl)cc1Cl. The van der Waals surface area contributed by atoms with Crippen molar-refractivity contribution in [3.8, 4) is 23.0 Å². The maximum absolute atomic E-state index is 12.5. The molecule has 0 saturated carbocycles. The van der Waals surface area contributed by atoms with Crippen molar-refractivity contribution >= 4 is 45.9 Å². The predicted octanol–water partition coefficient (Wildman–Crippen LogP) is 6.44. The number of nitrogens with zero attached hydrogens (tertiary/aromatic N) is 1. The molecule has 1 N–H and O–H groups in total. The van der Waals surface area contributed by atoms with Crippen LogP contribution in [0.25, 0.3) is 22.6 Å². The molecule has 3 aromatic carbocycles. The van der Waals surface area contributed by atoms with Gasteiger partial charge in [0.2, 0.25) is 5.89 Å². The highest BCUT2D eigenvalue weighted by Crippen LogP contribution is 2.33. The fraction of sp³-hybridized carbons (Fsp3) is 0.167. The Labute approximate surface area is 195 Å². The minimum absolute atomic E-state index is 0.240. The Morgan fingerprint density at radius 3 is 2.53 bits per heavy atom. The molecule has 164 valence electrons. The summed E-state index contributed by atoms with van der Waals surface area (Å²) in [5.41, 5.74) is 4.92. The van der Waals surface area contributed by atoms with E-state index in [1.165, 1.54) is 7.11 Å². The molecule has 0 aliphatic carbocycles. The molecule has 1 heterocycles. The molecule has 0 aliphatic heterocycles. The Kier molecular flexibility index (Phi) is 6.26. The van der Waals surface area contributed by atoms with Crippen LogP contribution >= 0.6 is 23.2 Å². The standard InChI is InChI=1S/C24H20Cl2N2O4/c1-13-8-18-22(9-14(13)2)32-24(28-18)15-4-6-21(30-3)19(10-15)27-23(29)12-31-20-7-5-16(25)11-17(20)26/h4-11H,12H2,1-3H3,(H,27,29). The zero-order valence-corrected chi connectivity index (χ0v) is 19.2. The topological polar surface area (TPSA) is 73.6 Å². The van der Waals surface area contributed by atoms with Crippen LogP contribution in [0.2, 0.25) is 10.0 Å². The van der Waals surface area contributed by atoms with Gasteiger partial charge in [-0.3, -0.25) is 4.79 Å². The Morgan fingerprint density at radius 1 is 1.03 bits per heavy atom. The summed E-state index contributed by atoms with van der Waals surface area (Å²) in [7, 11) is 1.53. The molecular weight excluding hydrogens is 451 g/mol. The van der Waals surface area contributed by atoms with Crippen molar-refractivity contribution in [3.63, 3.8) is 0 Å². The van der Waals surface area contributed by atoms with E-state index in [9.17, 15) is 4.79 Å². The molecule has 0 unspecified atom stereocenters. The number of carbonyl (C=O) groups is 1. The number of anilines is 1. The number of halogens is 2. The van der Waals surface area contributed by atoms with E-state index in [0.29, 0.717) is 44.3 Å². The number of aromatic nitrogens is 1. The summed E-state index contributed by atoms with van der Waals surface area (Å²) in [6.07, 6.45) is 0. The maximum Gasteiger partial charge on any atom is 0.262 e. The lowest BCUT2D eigenvalue weighted by Gasteiger charge is -2.12. The van der Waals surface area contributed by atoms with E-state index < -0.39 is 0 Å². The van der Waals surface area contributed by atoms with Gasteiger partial charge in [0.25, 0.3) is 5.91 Å². The number of benzene rings is 3. The van der Waals surface area contributed by atoms with Crippen LogP contribution in [0.5, 0.6) is 11.5 Å². The van der Waals surface area contributed by atoms with Crippen LogP contribution in [0.15, 0.2) is 52.9 Å². The molecule has 0 aliphatic rings. The lowest BCUT2D eigenvalue weighted by Crippen LogP contribution is -2.20. The first-order chi connectivity index (χ1) is 15.3. The number of amides is 1. The molecule has 0 atom stereocenters. The lowest BCUT2D eigenvalue weighted by atomic mass is 10.1. The number of hydrogen-bond acceptors (Lipinski definition) is 5. The molecule has 0 fully saturated rings. The summed E-state index contributed by atoms with van der Waals surface area (Å²) >= 11 is 12.0. The van der Waals surface area contributed by atoms with Crippen molar-refractivity contribution in [2.75, 3.05) is 19.0 Å². The highest BCUT2D eigenvalue weighted by Gasteiger charge is 2.15.